The molecule has 9 heterocycles. The molecule has 0 saturated carbocycles. The van der Waals surface area contributed by atoms with Crippen molar-refractivity contribution in [2.75, 3.05) is 17.2 Å². The van der Waals surface area contributed by atoms with E-state index < -0.39 is 0 Å². The zero-order chi connectivity index (χ0) is 46.2. The molecular weight excluding hydrogens is 847 g/mol. The second-order valence-electron chi connectivity index (χ2n) is 15.2. The summed E-state index contributed by atoms with van der Waals surface area (Å²) >= 11 is 0. The van der Waals surface area contributed by atoms with Crippen LogP contribution in [0.1, 0.15) is 5.82 Å². The smallest absolute Gasteiger partial charge is 0.183 e. The molecular formula is C46H41N21. The van der Waals surface area contributed by atoms with Crippen molar-refractivity contribution in [2.24, 2.45) is 21.1 Å². The number of rotatable bonds is 6. The number of nitrogens with zero attached hydrogens (tertiary/aromatic N) is 15. The Labute approximate surface area is 380 Å². The van der Waals surface area contributed by atoms with Crippen LogP contribution < -0.4 is 17.2 Å². The van der Waals surface area contributed by atoms with Crippen molar-refractivity contribution in [3.8, 4) is 68.3 Å². The highest BCUT2D eigenvalue weighted by Crippen LogP contribution is 2.34. The van der Waals surface area contributed by atoms with Gasteiger partial charge in [0.25, 0.3) is 0 Å². The second kappa shape index (κ2) is 17.1. The molecule has 0 aliphatic rings. The maximum Gasteiger partial charge on any atom is 0.183 e. The molecule has 12 rings (SSSR count). The van der Waals surface area contributed by atoms with Crippen LogP contribution in [0.2, 0.25) is 0 Å². The lowest BCUT2D eigenvalue weighted by Gasteiger charge is -2.06. The van der Waals surface area contributed by atoms with E-state index in [0.29, 0.717) is 68.4 Å². The molecule has 0 unspecified atom stereocenters. The van der Waals surface area contributed by atoms with E-state index in [1.54, 1.807) is 25.9 Å². The second-order valence-corrected chi connectivity index (χ2v) is 15.2. The number of nitrogens with one attached hydrogen (secondary N) is 3. The molecule has 9 N–H and O–H groups in total. The van der Waals surface area contributed by atoms with Gasteiger partial charge in [-0.15, -0.1) is 0 Å². The Morgan fingerprint density at radius 1 is 0.493 bits per heavy atom. The van der Waals surface area contributed by atoms with Gasteiger partial charge in [0.2, 0.25) is 0 Å². The topological polar surface area (TPSA) is 295 Å². The Morgan fingerprint density at radius 2 is 1.04 bits per heavy atom. The number of hydrogen-bond donors (Lipinski definition) is 6. The molecule has 0 bridgehead atoms. The van der Waals surface area contributed by atoms with Gasteiger partial charge >= 0.3 is 0 Å². The van der Waals surface area contributed by atoms with E-state index >= 15 is 0 Å². The minimum Gasteiger partial charge on any atom is -0.382 e. The van der Waals surface area contributed by atoms with Crippen LogP contribution in [0.5, 0.6) is 0 Å². The van der Waals surface area contributed by atoms with Gasteiger partial charge in [-0.1, -0.05) is 91.0 Å². The van der Waals surface area contributed by atoms with Crippen molar-refractivity contribution in [3.63, 3.8) is 0 Å². The summed E-state index contributed by atoms with van der Waals surface area (Å²) < 4.78 is 5.79. The van der Waals surface area contributed by atoms with Crippen LogP contribution in [0.25, 0.3) is 102 Å². The van der Waals surface area contributed by atoms with Crippen LogP contribution in [-0.4, -0.2) is 88.5 Å². The summed E-state index contributed by atoms with van der Waals surface area (Å²) in [6, 6.07) is 29.9. The van der Waals surface area contributed by atoms with Gasteiger partial charge in [-0.25, -0.2) is 59.8 Å². The Hall–Kier alpha value is -9.66. The molecule has 12 aromatic rings. The molecule has 0 aliphatic carbocycles. The number of hydrogen-bond acceptors (Lipinski definition) is 15. The van der Waals surface area contributed by atoms with Crippen molar-refractivity contribution < 1.29 is 0 Å². The minimum atomic E-state index is 0.375. The molecule has 67 heavy (non-hydrogen) atoms. The first-order valence-corrected chi connectivity index (χ1v) is 20.7. The van der Waals surface area contributed by atoms with Crippen LogP contribution >= 0.6 is 0 Å². The molecule has 9 aromatic heterocycles. The molecule has 0 amide bonds. The highest BCUT2D eigenvalue weighted by molar-refractivity contribution is 5.89. The van der Waals surface area contributed by atoms with Crippen molar-refractivity contribution in [2.45, 2.75) is 6.92 Å². The molecule has 0 saturated heterocycles. The highest BCUT2D eigenvalue weighted by Gasteiger charge is 2.22. The summed E-state index contributed by atoms with van der Waals surface area (Å²) in [6.45, 7) is 1.80. The number of fused-ring (bicyclic) bond motifs is 3. The number of aryl methyl sites for hydroxylation is 4. The Morgan fingerprint density at radius 3 is 1.69 bits per heavy atom. The first-order valence-electron chi connectivity index (χ1n) is 20.7. The van der Waals surface area contributed by atoms with Crippen LogP contribution in [0, 0.1) is 6.92 Å². The van der Waals surface area contributed by atoms with Gasteiger partial charge in [0.15, 0.2) is 57.4 Å². The van der Waals surface area contributed by atoms with Gasteiger partial charge in [-0.3, -0.25) is 0 Å². The van der Waals surface area contributed by atoms with Gasteiger partial charge in [-0.2, -0.15) is 0 Å². The van der Waals surface area contributed by atoms with Gasteiger partial charge in [0, 0.05) is 37.8 Å². The lowest BCUT2D eigenvalue weighted by molar-refractivity contribution is 0.876. The van der Waals surface area contributed by atoms with E-state index in [1.807, 2.05) is 126 Å². The molecule has 0 aliphatic heterocycles. The third-order valence-corrected chi connectivity index (χ3v) is 10.8. The summed E-state index contributed by atoms with van der Waals surface area (Å²) in [5.41, 5.74) is 29.6. The monoisotopic (exact) mass is 887 g/mol. The number of nitrogens with two attached hydrogens (primary N) is 3. The third-order valence-electron chi connectivity index (χ3n) is 10.8. The number of aromatic amines is 3. The Bertz CT molecular complexity index is 3670. The van der Waals surface area contributed by atoms with Gasteiger partial charge in [-0.05, 0) is 6.92 Å². The van der Waals surface area contributed by atoms with Crippen molar-refractivity contribution in [1.82, 2.24) is 88.5 Å². The number of benzene rings is 3. The number of H-pyrrole nitrogens is 3. The molecule has 21 nitrogen and oxygen atoms in total. The number of nitrogen functional groups attached to an aromatic ring is 3. The van der Waals surface area contributed by atoms with E-state index in [0.717, 1.165) is 56.7 Å². The maximum atomic E-state index is 5.97. The quantitative estimate of drug-likeness (QED) is 0.107. The average Bonchev–Trinajstić information content (AvgIpc) is 4.22. The Kier molecular flexibility index (Phi) is 10.6. The van der Waals surface area contributed by atoms with Crippen LogP contribution in [0.3, 0.4) is 0 Å². The van der Waals surface area contributed by atoms with E-state index in [4.69, 9.17) is 17.2 Å². The number of aromatic nitrogens is 18. The minimum absolute atomic E-state index is 0.375. The van der Waals surface area contributed by atoms with E-state index in [-0.39, 0.29) is 0 Å². The molecule has 330 valence electrons. The predicted octanol–water partition coefficient (Wildman–Crippen LogP) is 6.32. The number of imidazole rings is 6. The SMILES string of the molecule is Cc1nc(N)c2[nH]c(-c3c(-c4ccccc4)ncn3C)nc2n1.Cn1cnc(-c2ccccc2)c1-c1nc2c(N)ncnc2n1C.Nc1ncnc2nc(-c3[nH]cnc3-c3ccccc3)[nH]c12. The lowest BCUT2D eigenvalue weighted by Crippen LogP contribution is -2.00. The first-order chi connectivity index (χ1) is 32.6. The normalized spacial score (nSPS) is 11.2. The highest BCUT2D eigenvalue weighted by atomic mass is 15.2. The summed E-state index contributed by atoms with van der Waals surface area (Å²) in [7, 11) is 5.80. The van der Waals surface area contributed by atoms with E-state index in [1.165, 1.54) is 12.7 Å². The molecule has 0 fully saturated rings. The van der Waals surface area contributed by atoms with Gasteiger partial charge in [0.1, 0.15) is 46.6 Å². The molecule has 0 atom stereocenters. The van der Waals surface area contributed by atoms with Crippen molar-refractivity contribution in [1.29, 1.82) is 0 Å². The van der Waals surface area contributed by atoms with Crippen LogP contribution in [0.15, 0.2) is 123 Å². The third kappa shape index (κ3) is 7.77. The average molecular weight is 888 g/mol. The van der Waals surface area contributed by atoms with Gasteiger partial charge in [0.05, 0.1) is 36.1 Å². The van der Waals surface area contributed by atoms with Crippen LogP contribution in [-0.2, 0) is 21.1 Å². The Balaban J connectivity index is 0.000000118. The summed E-state index contributed by atoms with van der Waals surface area (Å²) in [5.74, 6) is 3.81. The standard InChI is InChI=1S/2C16H15N7.C14H11N7/c1-22-9-20-11(10-6-4-3-5-7-10)13(22)16-21-12-14(17)18-8-19-15(12)23(16)2;1-9-19-14(17)12-15(20-9)22-16(21-12)13-11(18-8-23(13)2)10-6-4-3-5-7-10;15-12-11-13(19-7-18-12)21-14(20-11)10-9(16-6-17-10)8-4-2-1-3-5-8/h3-9H,1-2H3,(H2,17,18,19);3-8H,1-2H3,(H3,17,19,20,21,22);1-7H,(H,16,17)(H3,15,18,19,20,21). The fraction of sp³-hybridized carbons (Fsp3) is 0.0870. The summed E-state index contributed by atoms with van der Waals surface area (Å²) in [6.07, 6.45) is 8.04. The fourth-order valence-corrected chi connectivity index (χ4v) is 7.64. The first kappa shape index (κ1) is 41.4. The molecule has 21 heteroatoms. The predicted molar refractivity (Wildman–Crippen MR) is 256 cm³/mol. The lowest BCUT2D eigenvalue weighted by atomic mass is 10.1. The van der Waals surface area contributed by atoms with Crippen molar-refractivity contribution in [3.05, 3.63) is 128 Å². The van der Waals surface area contributed by atoms with E-state index in [9.17, 15) is 0 Å². The summed E-state index contributed by atoms with van der Waals surface area (Å²) in [4.78, 5) is 61.4. The summed E-state index contributed by atoms with van der Waals surface area (Å²) in [5, 5.41) is 0. The molecule has 0 spiro atoms. The zero-order valence-electron chi connectivity index (χ0n) is 36.5. The molecule has 3 aromatic carbocycles. The largest absolute Gasteiger partial charge is 0.382 e. The maximum absolute atomic E-state index is 5.97. The zero-order valence-corrected chi connectivity index (χ0v) is 36.5. The molecule has 0 radical (unpaired) electrons. The van der Waals surface area contributed by atoms with Crippen molar-refractivity contribution >= 4 is 50.9 Å². The fourth-order valence-electron chi connectivity index (χ4n) is 7.64. The van der Waals surface area contributed by atoms with Crippen LogP contribution in [0.4, 0.5) is 17.5 Å². The van der Waals surface area contributed by atoms with Gasteiger partial charge < -0.3 is 45.9 Å². The number of anilines is 3. The van der Waals surface area contributed by atoms with E-state index in [2.05, 4.69) is 74.8 Å².